The molecule has 1 fully saturated rings. The number of methoxy groups -OCH3 is 2. The van der Waals surface area contributed by atoms with Gasteiger partial charge in [0, 0.05) is 37.6 Å². The van der Waals surface area contributed by atoms with Crippen LogP contribution in [0.1, 0.15) is 27.0 Å². The lowest BCUT2D eigenvalue weighted by Crippen LogP contribution is -2.49. The molecule has 0 bridgehead atoms. The number of hydrogen-bond donors (Lipinski definition) is 0. The van der Waals surface area contributed by atoms with Gasteiger partial charge in [-0.1, -0.05) is 12.1 Å². The molecule has 0 unspecified atom stereocenters. The van der Waals surface area contributed by atoms with E-state index in [1.54, 1.807) is 32.4 Å². The van der Waals surface area contributed by atoms with Crippen LogP contribution in [0.2, 0.25) is 0 Å². The average molecular weight is 431 g/mol. The summed E-state index contributed by atoms with van der Waals surface area (Å²) in [6, 6.07) is 13.5. The Hall–Kier alpha value is -3.79. The highest BCUT2D eigenvalue weighted by Gasteiger charge is 2.26. The first-order chi connectivity index (χ1) is 15.5. The molecule has 1 saturated heterocycles. The average Bonchev–Trinajstić information content (AvgIpc) is 2.84. The van der Waals surface area contributed by atoms with Crippen LogP contribution in [0.3, 0.4) is 0 Å². The summed E-state index contributed by atoms with van der Waals surface area (Å²) in [6.07, 6.45) is 0. The van der Waals surface area contributed by atoms with Crippen LogP contribution in [0, 0.1) is 25.2 Å². The number of anilines is 1. The molecule has 0 saturated carbocycles. The molecule has 32 heavy (non-hydrogen) atoms. The van der Waals surface area contributed by atoms with Crippen LogP contribution < -0.4 is 14.4 Å². The van der Waals surface area contributed by atoms with E-state index in [9.17, 15) is 10.1 Å². The van der Waals surface area contributed by atoms with Gasteiger partial charge >= 0.3 is 0 Å². The number of ether oxygens (including phenoxy) is 2. The first-order valence-electron chi connectivity index (χ1n) is 10.5. The van der Waals surface area contributed by atoms with Gasteiger partial charge in [0.25, 0.3) is 5.91 Å². The fourth-order valence-electron chi connectivity index (χ4n) is 4.06. The van der Waals surface area contributed by atoms with E-state index in [0.717, 1.165) is 16.5 Å². The Morgan fingerprint density at radius 3 is 2.44 bits per heavy atom. The van der Waals surface area contributed by atoms with Crippen LogP contribution in [0.15, 0.2) is 36.4 Å². The number of carbonyl (C=O) groups is 1. The number of aryl methyl sites for hydroxylation is 2. The van der Waals surface area contributed by atoms with E-state index in [4.69, 9.17) is 14.5 Å². The second-order valence-corrected chi connectivity index (χ2v) is 7.90. The van der Waals surface area contributed by atoms with E-state index < -0.39 is 0 Å². The Morgan fingerprint density at radius 2 is 1.78 bits per heavy atom. The minimum absolute atomic E-state index is 0.0809. The van der Waals surface area contributed by atoms with Gasteiger partial charge in [-0.3, -0.25) is 4.79 Å². The molecule has 1 aliphatic rings. The second kappa shape index (κ2) is 8.75. The van der Waals surface area contributed by atoms with Crippen molar-refractivity contribution in [3.8, 4) is 17.6 Å². The third kappa shape index (κ3) is 3.80. The first-order valence-corrected chi connectivity index (χ1v) is 10.5. The maximum Gasteiger partial charge on any atom is 0.257 e. The van der Waals surface area contributed by atoms with Crippen molar-refractivity contribution in [2.24, 2.45) is 0 Å². The molecule has 0 radical (unpaired) electrons. The third-order valence-corrected chi connectivity index (χ3v) is 6.12. The van der Waals surface area contributed by atoms with E-state index >= 15 is 0 Å². The molecule has 1 aromatic heterocycles. The van der Waals surface area contributed by atoms with Crippen LogP contribution in [-0.4, -0.2) is 56.2 Å². The number of pyridine rings is 1. The zero-order chi connectivity index (χ0) is 22.8. The van der Waals surface area contributed by atoms with Crippen molar-refractivity contribution in [2.45, 2.75) is 13.8 Å². The lowest BCUT2D eigenvalue weighted by molar-refractivity contribution is 0.0743. The molecule has 2 aromatic carbocycles. The quantitative estimate of drug-likeness (QED) is 0.628. The number of rotatable bonds is 4. The molecule has 1 aliphatic heterocycles. The van der Waals surface area contributed by atoms with Gasteiger partial charge in [0.1, 0.15) is 23.4 Å². The van der Waals surface area contributed by atoms with E-state index in [1.807, 2.05) is 17.0 Å². The molecule has 1 amide bonds. The maximum atomic E-state index is 13.1. The van der Waals surface area contributed by atoms with Gasteiger partial charge in [-0.25, -0.2) is 4.98 Å². The summed E-state index contributed by atoms with van der Waals surface area (Å²) in [5.41, 5.74) is 4.27. The number of benzene rings is 2. The third-order valence-electron chi connectivity index (χ3n) is 6.12. The molecule has 7 nitrogen and oxygen atoms in total. The second-order valence-electron chi connectivity index (χ2n) is 7.90. The Labute approximate surface area is 187 Å². The standard InChI is InChI=1S/C25H26N4O3/c1-16-5-6-18-13-19(15-26)24(27-23(18)17(16)2)28-9-11-29(12-10-28)25(30)21-8-7-20(31-3)14-22(21)32-4/h5-8,13-14H,9-12H2,1-4H3. The number of carbonyl (C=O) groups excluding carboxylic acids is 1. The minimum atomic E-state index is -0.0809. The zero-order valence-corrected chi connectivity index (χ0v) is 18.8. The Bertz CT molecular complexity index is 1220. The summed E-state index contributed by atoms with van der Waals surface area (Å²) in [5, 5.41) is 10.7. The lowest BCUT2D eigenvalue weighted by atomic mass is 10.0. The molecule has 7 heteroatoms. The predicted molar refractivity (Wildman–Crippen MR) is 124 cm³/mol. The zero-order valence-electron chi connectivity index (χ0n) is 18.8. The maximum absolute atomic E-state index is 13.1. The number of hydrogen-bond acceptors (Lipinski definition) is 6. The number of nitrogens with zero attached hydrogens (tertiary/aromatic N) is 4. The van der Waals surface area contributed by atoms with Crippen molar-refractivity contribution in [2.75, 3.05) is 45.3 Å². The number of aromatic nitrogens is 1. The monoisotopic (exact) mass is 430 g/mol. The van der Waals surface area contributed by atoms with Crippen molar-refractivity contribution in [1.82, 2.24) is 9.88 Å². The summed E-state index contributed by atoms with van der Waals surface area (Å²) >= 11 is 0. The number of nitriles is 1. The van der Waals surface area contributed by atoms with Crippen LogP contribution in [0.25, 0.3) is 10.9 Å². The van der Waals surface area contributed by atoms with Gasteiger partial charge in [-0.05, 0) is 43.2 Å². The van der Waals surface area contributed by atoms with Crippen molar-refractivity contribution in [3.63, 3.8) is 0 Å². The fourth-order valence-corrected chi connectivity index (χ4v) is 4.06. The van der Waals surface area contributed by atoms with Crippen molar-refractivity contribution < 1.29 is 14.3 Å². The Morgan fingerprint density at radius 1 is 1.03 bits per heavy atom. The molecule has 3 aromatic rings. The van der Waals surface area contributed by atoms with Crippen LogP contribution in [-0.2, 0) is 0 Å². The summed E-state index contributed by atoms with van der Waals surface area (Å²) in [7, 11) is 3.12. The molecule has 0 atom stereocenters. The molecule has 4 rings (SSSR count). The normalized spacial score (nSPS) is 13.7. The molecule has 0 N–H and O–H groups in total. The van der Waals surface area contributed by atoms with Crippen molar-refractivity contribution in [1.29, 1.82) is 5.26 Å². The van der Waals surface area contributed by atoms with Crippen LogP contribution in [0.4, 0.5) is 5.82 Å². The number of piperazine rings is 1. The van der Waals surface area contributed by atoms with Crippen LogP contribution in [0.5, 0.6) is 11.5 Å². The van der Waals surface area contributed by atoms with Gasteiger partial charge in [-0.2, -0.15) is 5.26 Å². The molecular formula is C25H26N4O3. The van der Waals surface area contributed by atoms with Crippen LogP contribution >= 0.6 is 0 Å². The summed E-state index contributed by atoms with van der Waals surface area (Å²) in [5.74, 6) is 1.73. The smallest absolute Gasteiger partial charge is 0.257 e. The molecular weight excluding hydrogens is 404 g/mol. The van der Waals surface area contributed by atoms with E-state index in [1.165, 1.54) is 5.56 Å². The van der Waals surface area contributed by atoms with E-state index in [0.29, 0.717) is 54.6 Å². The van der Waals surface area contributed by atoms with Crippen molar-refractivity contribution >= 4 is 22.6 Å². The highest BCUT2D eigenvalue weighted by atomic mass is 16.5. The summed E-state index contributed by atoms with van der Waals surface area (Å²) in [4.78, 5) is 21.9. The van der Waals surface area contributed by atoms with E-state index in [-0.39, 0.29) is 5.91 Å². The van der Waals surface area contributed by atoms with Crippen molar-refractivity contribution in [3.05, 3.63) is 58.7 Å². The number of fused-ring (bicyclic) bond motifs is 1. The largest absolute Gasteiger partial charge is 0.497 e. The molecule has 2 heterocycles. The SMILES string of the molecule is COc1ccc(C(=O)N2CCN(c3nc4c(C)c(C)ccc4cc3C#N)CC2)c(OC)c1. The topological polar surface area (TPSA) is 78.7 Å². The predicted octanol–water partition coefficient (Wildman–Crippen LogP) is 3.70. The summed E-state index contributed by atoms with van der Waals surface area (Å²) in [6.45, 7) is 6.38. The lowest BCUT2D eigenvalue weighted by Gasteiger charge is -2.36. The van der Waals surface area contributed by atoms with Gasteiger partial charge < -0.3 is 19.3 Å². The van der Waals surface area contributed by atoms with Gasteiger partial charge in [-0.15, -0.1) is 0 Å². The van der Waals surface area contributed by atoms with Gasteiger partial charge in [0.2, 0.25) is 0 Å². The Balaban J connectivity index is 1.56. The van der Waals surface area contributed by atoms with E-state index in [2.05, 4.69) is 30.9 Å². The number of amides is 1. The molecule has 164 valence electrons. The van der Waals surface area contributed by atoms with Gasteiger partial charge in [0.15, 0.2) is 0 Å². The first kappa shape index (κ1) is 21.4. The summed E-state index contributed by atoms with van der Waals surface area (Å²) < 4.78 is 10.6. The Kier molecular flexibility index (Phi) is 5.87. The molecule has 0 spiro atoms. The minimum Gasteiger partial charge on any atom is -0.497 e. The fraction of sp³-hybridized carbons (Fsp3) is 0.320. The highest BCUT2D eigenvalue weighted by Crippen LogP contribution is 2.29. The highest BCUT2D eigenvalue weighted by molar-refractivity contribution is 5.97. The van der Waals surface area contributed by atoms with Gasteiger partial charge in [0.05, 0.1) is 30.9 Å². The molecule has 0 aliphatic carbocycles.